The lowest BCUT2D eigenvalue weighted by Crippen LogP contribution is -2.45. The largest absolute Gasteiger partial charge is 0.481 e. The average Bonchev–Trinajstić information content (AvgIpc) is 2.27. The molecule has 1 rings (SSSR count). The number of ether oxygens (including phenoxy) is 1. The Hall–Kier alpha value is -1.61. The van der Waals surface area contributed by atoms with Crippen LogP contribution in [0.15, 0.2) is 0 Å². The Morgan fingerprint density at radius 3 is 2.88 bits per heavy atom. The molecule has 0 spiro atoms. The maximum Gasteiger partial charge on any atom is 0.303 e. The van der Waals surface area contributed by atoms with Crippen molar-refractivity contribution in [3.63, 3.8) is 0 Å². The second-order valence-corrected chi connectivity index (χ2v) is 4.24. The number of amides is 1. The van der Waals surface area contributed by atoms with Gasteiger partial charge >= 0.3 is 5.97 Å². The molecule has 1 fully saturated rings. The minimum absolute atomic E-state index is 0.0161. The first-order valence-electron chi connectivity index (χ1n) is 5.53. The minimum atomic E-state index is -0.901. The lowest BCUT2D eigenvalue weighted by atomic mass is 10.0. The molecule has 17 heavy (non-hydrogen) atoms. The molecule has 1 aliphatic rings. The zero-order valence-corrected chi connectivity index (χ0v) is 9.76. The summed E-state index contributed by atoms with van der Waals surface area (Å²) in [7, 11) is 0. The smallest absolute Gasteiger partial charge is 0.303 e. The van der Waals surface area contributed by atoms with Gasteiger partial charge in [0.1, 0.15) is 0 Å². The van der Waals surface area contributed by atoms with E-state index in [1.165, 1.54) is 0 Å². The van der Waals surface area contributed by atoms with E-state index in [0.717, 1.165) is 0 Å². The number of morpholine rings is 1. The summed E-state index contributed by atoms with van der Waals surface area (Å²) in [6, 6.07) is 1.96. The fourth-order valence-corrected chi connectivity index (χ4v) is 1.75. The summed E-state index contributed by atoms with van der Waals surface area (Å²) in [4.78, 5) is 23.9. The van der Waals surface area contributed by atoms with Gasteiger partial charge in [0.25, 0.3) is 0 Å². The molecule has 0 bridgehead atoms. The number of hydrogen-bond donors (Lipinski definition) is 1. The quantitative estimate of drug-likeness (QED) is 0.760. The standard InChI is InChI=1S/C11H16N2O4/c1-8(5-11(15)16)4-10(14)13-2-3-17-9(6-12)7-13/h8-9H,2-5,7H2,1H3,(H,15,16). The molecule has 94 valence electrons. The molecule has 1 aliphatic heterocycles. The summed E-state index contributed by atoms with van der Waals surface area (Å²) in [5.74, 6) is -1.20. The molecule has 1 N–H and O–H groups in total. The molecule has 0 aliphatic carbocycles. The predicted molar refractivity (Wildman–Crippen MR) is 58.0 cm³/mol. The Labute approximate surface area is 99.8 Å². The van der Waals surface area contributed by atoms with Crippen LogP contribution in [0, 0.1) is 17.2 Å². The number of hydrogen-bond acceptors (Lipinski definition) is 4. The number of carbonyl (C=O) groups excluding carboxylic acids is 1. The summed E-state index contributed by atoms with van der Waals surface area (Å²) in [5.41, 5.74) is 0. The average molecular weight is 240 g/mol. The van der Waals surface area contributed by atoms with Crippen molar-refractivity contribution in [2.24, 2.45) is 5.92 Å². The van der Waals surface area contributed by atoms with Gasteiger partial charge in [-0.2, -0.15) is 5.26 Å². The molecule has 2 atom stereocenters. The Kier molecular flexibility index (Phi) is 4.91. The molecule has 1 amide bonds. The van der Waals surface area contributed by atoms with Crippen molar-refractivity contribution < 1.29 is 19.4 Å². The van der Waals surface area contributed by atoms with Crippen molar-refractivity contribution in [3.05, 3.63) is 0 Å². The third-order valence-corrected chi connectivity index (χ3v) is 2.61. The van der Waals surface area contributed by atoms with Crippen molar-refractivity contribution in [2.75, 3.05) is 19.7 Å². The number of nitriles is 1. The van der Waals surface area contributed by atoms with E-state index in [1.54, 1.807) is 11.8 Å². The highest BCUT2D eigenvalue weighted by atomic mass is 16.5. The van der Waals surface area contributed by atoms with Crippen LogP contribution in [-0.4, -0.2) is 47.7 Å². The predicted octanol–water partition coefficient (Wildman–Crippen LogP) is 0.238. The maximum atomic E-state index is 11.8. The van der Waals surface area contributed by atoms with Crippen LogP contribution in [0.1, 0.15) is 19.8 Å². The first-order chi connectivity index (χ1) is 8.02. The number of carboxylic acid groups (broad SMARTS) is 1. The molecule has 0 radical (unpaired) electrons. The van der Waals surface area contributed by atoms with E-state index in [-0.39, 0.29) is 31.2 Å². The number of nitrogens with zero attached hydrogens (tertiary/aromatic N) is 2. The summed E-state index contributed by atoms with van der Waals surface area (Å²) >= 11 is 0. The van der Waals surface area contributed by atoms with Crippen LogP contribution in [-0.2, 0) is 14.3 Å². The molecule has 6 heteroatoms. The zero-order chi connectivity index (χ0) is 12.8. The Morgan fingerprint density at radius 2 is 2.29 bits per heavy atom. The van der Waals surface area contributed by atoms with Crippen LogP contribution in [0.3, 0.4) is 0 Å². The highest BCUT2D eigenvalue weighted by Crippen LogP contribution is 2.12. The van der Waals surface area contributed by atoms with E-state index in [1.807, 2.05) is 6.07 Å². The van der Waals surface area contributed by atoms with E-state index in [2.05, 4.69) is 0 Å². The monoisotopic (exact) mass is 240 g/mol. The van der Waals surface area contributed by atoms with E-state index in [4.69, 9.17) is 15.1 Å². The summed E-state index contributed by atoms with van der Waals surface area (Å²) in [6.45, 7) is 2.83. The molecule has 0 saturated carbocycles. The van der Waals surface area contributed by atoms with E-state index < -0.39 is 12.1 Å². The first kappa shape index (κ1) is 13.5. The van der Waals surface area contributed by atoms with Gasteiger partial charge in [-0.25, -0.2) is 0 Å². The van der Waals surface area contributed by atoms with Gasteiger partial charge in [0.05, 0.1) is 19.2 Å². The van der Waals surface area contributed by atoms with Gasteiger partial charge in [-0.1, -0.05) is 6.92 Å². The van der Waals surface area contributed by atoms with E-state index >= 15 is 0 Å². The van der Waals surface area contributed by atoms with Crippen LogP contribution in [0.5, 0.6) is 0 Å². The maximum absolute atomic E-state index is 11.8. The Morgan fingerprint density at radius 1 is 1.59 bits per heavy atom. The van der Waals surface area contributed by atoms with Gasteiger partial charge in [0.15, 0.2) is 6.10 Å². The summed E-state index contributed by atoms with van der Waals surface area (Å²) in [5, 5.41) is 17.3. The molecule has 2 unspecified atom stereocenters. The lowest BCUT2D eigenvalue weighted by Gasteiger charge is -2.30. The van der Waals surface area contributed by atoms with Crippen molar-refractivity contribution in [1.82, 2.24) is 4.90 Å². The highest BCUT2D eigenvalue weighted by molar-refractivity contribution is 5.77. The highest BCUT2D eigenvalue weighted by Gasteiger charge is 2.25. The summed E-state index contributed by atoms with van der Waals surface area (Å²) in [6.07, 6.45) is -0.384. The summed E-state index contributed by atoms with van der Waals surface area (Å²) < 4.78 is 5.13. The van der Waals surface area contributed by atoms with Crippen LogP contribution in [0.25, 0.3) is 0 Å². The van der Waals surface area contributed by atoms with E-state index in [0.29, 0.717) is 13.2 Å². The Balaban J connectivity index is 2.42. The number of carbonyl (C=O) groups is 2. The third kappa shape index (κ3) is 4.41. The first-order valence-corrected chi connectivity index (χ1v) is 5.53. The number of rotatable bonds is 4. The van der Waals surface area contributed by atoms with Gasteiger partial charge in [0.2, 0.25) is 5.91 Å². The molecular formula is C11H16N2O4. The van der Waals surface area contributed by atoms with Crippen LogP contribution in [0.4, 0.5) is 0 Å². The molecular weight excluding hydrogens is 224 g/mol. The fourth-order valence-electron chi connectivity index (χ4n) is 1.75. The number of aliphatic carboxylic acids is 1. The van der Waals surface area contributed by atoms with Crippen molar-refractivity contribution >= 4 is 11.9 Å². The lowest BCUT2D eigenvalue weighted by molar-refractivity contribution is -0.140. The van der Waals surface area contributed by atoms with Crippen molar-refractivity contribution in [1.29, 1.82) is 5.26 Å². The van der Waals surface area contributed by atoms with Crippen LogP contribution in [0.2, 0.25) is 0 Å². The van der Waals surface area contributed by atoms with Gasteiger partial charge in [-0.05, 0) is 5.92 Å². The third-order valence-electron chi connectivity index (χ3n) is 2.61. The van der Waals surface area contributed by atoms with Crippen molar-refractivity contribution in [2.45, 2.75) is 25.9 Å². The normalized spacial score (nSPS) is 21.6. The Bertz CT molecular complexity index is 337. The molecule has 1 saturated heterocycles. The topological polar surface area (TPSA) is 90.6 Å². The zero-order valence-electron chi connectivity index (χ0n) is 9.76. The van der Waals surface area contributed by atoms with Crippen LogP contribution >= 0.6 is 0 Å². The molecule has 0 aromatic heterocycles. The molecule has 0 aromatic rings. The van der Waals surface area contributed by atoms with Crippen LogP contribution < -0.4 is 0 Å². The molecule has 6 nitrogen and oxygen atoms in total. The van der Waals surface area contributed by atoms with Gasteiger partial charge in [-0.3, -0.25) is 9.59 Å². The van der Waals surface area contributed by atoms with Crippen molar-refractivity contribution in [3.8, 4) is 6.07 Å². The van der Waals surface area contributed by atoms with Gasteiger partial charge in [-0.15, -0.1) is 0 Å². The second kappa shape index (κ2) is 6.21. The fraction of sp³-hybridized carbons (Fsp3) is 0.727. The van der Waals surface area contributed by atoms with E-state index in [9.17, 15) is 9.59 Å². The number of carboxylic acids is 1. The van der Waals surface area contributed by atoms with Gasteiger partial charge in [0, 0.05) is 19.4 Å². The van der Waals surface area contributed by atoms with Gasteiger partial charge < -0.3 is 14.7 Å². The minimum Gasteiger partial charge on any atom is -0.481 e. The molecule has 1 heterocycles. The molecule has 0 aromatic carbocycles. The SMILES string of the molecule is CC(CC(=O)O)CC(=O)N1CCOC(C#N)C1. The second-order valence-electron chi connectivity index (χ2n) is 4.24.